The Labute approximate surface area is 124 Å². The van der Waals surface area contributed by atoms with Crippen LogP contribution in [-0.4, -0.2) is 13.3 Å². The molecule has 1 N–H and O–H groups in total. The van der Waals surface area contributed by atoms with Crippen LogP contribution >= 0.6 is 11.8 Å². The fourth-order valence-corrected chi connectivity index (χ4v) is 3.12. The smallest absolute Gasteiger partial charge is 0.126 e. The number of rotatable bonds is 3. The number of nitrogens with one attached hydrogen (secondary N) is 1. The van der Waals surface area contributed by atoms with E-state index < -0.39 is 0 Å². The zero-order chi connectivity index (χ0) is 13.9. The first-order valence-corrected chi connectivity index (χ1v) is 8.11. The molecule has 1 heterocycles. The summed E-state index contributed by atoms with van der Waals surface area (Å²) in [5.41, 5.74) is 2.50. The number of fused-ring (bicyclic) bond motifs is 1. The van der Waals surface area contributed by atoms with Crippen LogP contribution in [0.25, 0.3) is 0 Å². The Hall–Kier alpha value is -1.45. The zero-order valence-electron chi connectivity index (χ0n) is 11.8. The lowest BCUT2D eigenvalue weighted by Gasteiger charge is -2.32. The predicted octanol–water partition coefficient (Wildman–Crippen LogP) is 4.19. The fourth-order valence-electron chi connectivity index (χ4n) is 2.71. The molecule has 0 bridgehead atoms. The molecular formula is C17H19NOS. The van der Waals surface area contributed by atoms with E-state index in [1.807, 2.05) is 13.1 Å². The first-order valence-electron chi connectivity index (χ1n) is 6.88. The second kappa shape index (κ2) is 5.90. The summed E-state index contributed by atoms with van der Waals surface area (Å²) in [6, 6.07) is 17.3. The highest BCUT2D eigenvalue weighted by molar-refractivity contribution is 7.98. The van der Waals surface area contributed by atoms with Gasteiger partial charge >= 0.3 is 0 Å². The highest BCUT2D eigenvalue weighted by atomic mass is 32.2. The van der Waals surface area contributed by atoms with E-state index in [2.05, 4.69) is 54.0 Å². The summed E-state index contributed by atoms with van der Waals surface area (Å²) >= 11 is 1.76. The summed E-state index contributed by atoms with van der Waals surface area (Å²) in [7, 11) is 2.01. The number of hydrogen-bond acceptors (Lipinski definition) is 3. The van der Waals surface area contributed by atoms with Crippen LogP contribution < -0.4 is 10.1 Å². The SMILES string of the molecule is CNC1CC(c2ccc(SC)cc2)Oc2ccccc21. The molecular weight excluding hydrogens is 266 g/mol. The molecule has 0 aliphatic carbocycles. The highest BCUT2D eigenvalue weighted by Crippen LogP contribution is 2.40. The van der Waals surface area contributed by atoms with E-state index in [1.165, 1.54) is 16.0 Å². The van der Waals surface area contributed by atoms with Gasteiger partial charge in [-0.1, -0.05) is 30.3 Å². The second-order valence-electron chi connectivity index (χ2n) is 4.99. The van der Waals surface area contributed by atoms with Gasteiger partial charge < -0.3 is 10.1 Å². The number of thioether (sulfide) groups is 1. The number of hydrogen-bond donors (Lipinski definition) is 1. The van der Waals surface area contributed by atoms with Crippen LogP contribution in [0.3, 0.4) is 0 Å². The molecule has 20 heavy (non-hydrogen) atoms. The van der Waals surface area contributed by atoms with E-state index >= 15 is 0 Å². The van der Waals surface area contributed by atoms with E-state index in [-0.39, 0.29) is 6.10 Å². The third kappa shape index (κ3) is 2.56. The van der Waals surface area contributed by atoms with Crippen LogP contribution in [0, 0.1) is 0 Å². The highest BCUT2D eigenvalue weighted by Gasteiger charge is 2.27. The summed E-state index contributed by atoms with van der Waals surface area (Å²) < 4.78 is 6.18. The lowest BCUT2D eigenvalue weighted by atomic mass is 9.93. The monoisotopic (exact) mass is 285 g/mol. The molecule has 3 rings (SSSR count). The van der Waals surface area contributed by atoms with Crippen LogP contribution in [0.4, 0.5) is 0 Å². The molecule has 1 aliphatic rings. The first-order chi connectivity index (χ1) is 9.81. The first kappa shape index (κ1) is 13.5. The lowest BCUT2D eigenvalue weighted by Crippen LogP contribution is -2.26. The van der Waals surface area contributed by atoms with Gasteiger partial charge in [-0.3, -0.25) is 0 Å². The lowest BCUT2D eigenvalue weighted by molar-refractivity contribution is 0.154. The molecule has 3 heteroatoms. The average Bonchev–Trinajstić information content (AvgIpc) is 2.54. The van der Waals surface area contributed by atoms with Crippen molar-refractivity contribution in [1.29, 1.82) is 0 Å². The van der Waals surface area contributed by atoms with E-state index in [9.17, 15) is 0 Å². The minimum Gasteiger partial charge on any atom is -0.485 e. The largest absolute Gasteiger partial charge is 0.485 e. The van der Waals surface area contributed by atoms with Gasteiger partial charge in [0, 0.05) is 22.9 Å². The van der Waals surface area contributed by atoms with Gasteiger partial charge in [0.25, 0.3) is 0 Å². The Bertz CT molecular complexity index is 582. The molecule has 0 amide bonds. The van der Waals surface area contributed by atoms with E-state index in [0.717, 1.165) is 12.2 Å². The summed E-state index contributed by atoms with van der Waals surface area (Å²) in [6.07, 6.45) is 3.18. The minimum atomic E-state index is 0.123. The van der Waals surface area contributed by atoms with Gasteiger partial charge in [0.05, 0.1) is 0 Å². The quantitative estimate of drug-likeness (QED) is 0.854. The third-order valence-corrected chi connectivity index (χ3v) is 4.59. The summed E-state index contributed by atoms with van der Waals surface area (Å²) in [5, 5.41) is 3.40. The van der Waals surface area contributed by atoms with Crippen LogP contribution in [0.15, 0.2) is 53.4 Å². The van der Waals surface area contributed by atoms with Gasteiger partial charge in [-0.15, -0.1) is 11.8 Å². The van der Waals surface area contributed by atoms with Crippen molar-refractivity contribution in [2.45, 2.75) is 23.5 Å². The van der Waals surface area contributed by atoms with Crippen molar-refractivity contribution in [2.75, 3.05) is 13.3 Å². The van der Waals surface area contributed by atoms with Gasteiger partial charge in [-0.05, 0) is 37.1 Å². The maximum Gasteiger partial charge on any atom is 0.126 e. The molecule has 1 aliphatic heterocycles. The number of benzene rings is 2. The average molecular weight is 285 g/mol. The van der Waals surface area contributed by atoms with Crippen molar-refractivity contribution < 1.29 is 4.74 Å². The fraction of sp³-hybridized carbons (Fsp3) is 0.294. The van der Waals surface area contributed by atoms with E-state index in [0.29, 0.717) is 6.04 Å². The molecule has 0 radical (unpaired) electrons. The second-order valence-corrected chi connectivity index (χ2v) is 5.87. The van der Waals surface area contributed by atoms with Gasteiger partial charge in [0.1, 0.15) is 11.9 Å². The van der Waals surface area contributed by atoms with Gasteiger partial charge in [-0.25, -0.2) is 0 Å². The summed E-state index contributed by atoms with van der Waals surface area (Å²) in [5.74, 6) is 0.997. The Morgan fingerprint density at radius 2 is 1.85 bits per heavy atom. The normalized spacial score (nSPS) is 21.1. The molecule has 0 fully saturated rings. The number of para-hydroxylation sites is 1. The topological polar surface area (TPSA) is 21.3 Å². The third-order valence-electron chi connectivity index (χ3n) is 3.85. The molecule has 0 saturated heterocycles. The molecule has 104 valence electrons. The maximum atomic E-state index is 6.18. The zero-order valence-corrected chi connectivity index (χ0v) is 12.6. The molecule has 0 spiro atoms. The molecule has 2 aromatic carbocycles. The number of ether oxygens (including phenoxy) is 1. The molecule has 0 saturated carbocycles. The Morgan fingerprint density at radius 3 is 2.55 bits per heavy atom. The van der Waals surface area contributed by atoms with Crippen LogP contribution in [0.1, 0.15) is 29.7 Å². The van der Waals surface area contributed by atoms with Crippen molar-refractivity contribution in [3.8, 4) is 5.75 Å². The van der Waals surface area contributed by atoms with Crippen LogP contribution in [0.2, 0.25) is 0 Å². The minimum absolute atomic E-state index is 0.123. The molecule has 2 unspecified atom stereocenters. The van der Waals surface area contributed by atoms with E-state index in [1.54, 1.807) is 11.8 Å². The van der Waals surface area contributed by atoms with Crippen molar-refractivity contribution in [3.05, 3.63) is 59.7 Å². The van der Waals surface area contributed by atoms with E-state index in [4.69, 9.17) is 4.74 Å². The Morgan fingerprint density at radius 1 is 1.10 bits per heavy atom. The van der Waals surface area contributed by atoms with Crippen molar-refractivity contribution in [1.82, 2.24) is 5.32 Å². The van der Waals surface area contributed by atoms with Crippen LogP contribution in [0.5, 0.6) is 5.75 Å². The van der Waals surface area contributed by atoms with Crippen molar-refractivity contribution in [2.24, 2.45) is 0 Å². The molecule has 2 atom stereocenters. The molecule has 2 aromatic rings. The Kier molecular flexibility index (Phi) is 3.99. The van der Waals surface area contributed by atoms with Gasteiger partial charge in [0.15, 0.2) is 0 Å². The predicted molar refractivity (Wildman–Crippen MR) is 84.5 cm³/mol. The Balaban J connectivity index is 1.89. The van der Waals surface area contributed by atoms with Gasteiger partial charge in [-0.2, -0.15) is 0 Å². The van der Waals surface area contributed by atoms with Gasteiger partial charge in [0.2, 0.25) is 0 Å². The van der Waals surface area contributed by atoms with Crippen LogP contribution in [-0.2, 0) is 0 Å². The molecule has 2 nitrogen and oxygen atoms in total. The standard InChI is InChI=1S/C17H19NOS/c1-18-15-11-17(12-7-9-13(20-2)10-8-12)19-16-6-4-3-5-14(15)16/h3-10,15,17-18H,11H2,1-2H3. The van der Waals surface area contributed by atoms with Crippen molar-refractivity contribution in [3.63, 3.8) is 0 Å². The summed E-state index contributed by atoms with van der Waals surface area (Å²) in [4.78, 5) is 1.29. The summed E-state index contributed by atoms with van der Waals surface area (Å²) in [6.45, 7) is 0. The van der Waals surface area contributed by atoms with Crippen molar-refractivity contribution >= 4 is 11.8 Å². The maximum absolute atomic E-state index is 6.18. The molecule has 0 aromatic heterocycles.